The predicted octanol–water partition coefficient (Wildman–Crippen LogP) is 4.68. The van der Waals surface area contributed by atoms with Gasteiger partial charge in [0.05, 0.1) is 24.3 Å². The summed E-state index contributed by atoms with van der Waals surface area (Å²) >= 11 is 0. The number of amides is 1. The average Bonchev–Trinajstić information content (AvgIpc) is 3.28. The Labute approximate surface area is 213 Å². The van der Waals surface area contributed by atoms with Crippen LogP contribution in [0.15, 0.2) is 18.3 Å². The Balaban J connectivity index is 1.66. The molecular formula is C28H37N5O3. The lowest BCUT2D eigenvalue weighted by molar-refractivity contribution is -0.161. The van der Waals surface area contributed by atoms with Gasteiger partial charge in [-0.1, -0.05) is 44.5 Å². The van der Waals surface area contributed by atoms with Crippen molar-refractivity contribution in [2.24, 2.45) is 11.3 Å². The van der Waals surface area contributed by atoms with Gasteiger partial charge in [-0.15, -0.1) is 5.10 Å². The van der Waals surface area contributed by atoms with Crippen molar-refractivity contribution < 1.29 is 14.3 Å². The van der Waals surface area contributed by atoms with Crippen molar-refractivity contribution in [3.05, 3.63) is 40.7 Å². The third kappa shape index (κ3) is 4.52. The Kier molecular flexibility index (Phi) is 7.21. The second-order valence-electron chi connectivity index (χ2n) is 11.1. The van der Waals surface area contributed by atoms with E-state index in [9.17, 15) is 9.59 Å². The van der Waals surface area contributed by atoms with Crippen molar-refractivity contribution in [1.29, 1.82) is 5.26 Å². The molecule has 2 aromatic rings. The highest BCUT2D eigenvalue weighted by molar-refractivity contribution is 5.93. The zero-order chi connectivity index (χ0) is 26.1. The highest BCUT2D eigenvalue weighted by Crippen LogP contribution is 2.58. The van der Waals surface area contributed by atoms with Crippen molar-refractivity contribution in [3.63, 3.8) is 0 Å². The van der Waals surface area contributed by atoms with Crippen LogP contribution < -0.4 is 5.32 Å². The van der Waals surface area contributed by atoms with Crippen LogP contribution in [0.3, 0.4) is 0 Å². The SMILES string of the molecule is COC(=O)[C@]1(C)CCC[C@]2(C)c3ccc(C(C)C)c(NC(=O)Cn4cc(CCC#N)nn4)c3CC[C@@H]12. The molecule has 1 saturated carbocycles. The molecule has 0 spiro atoms. The summed E-state index contributed by atoms with van der Waals surface area (Å²) in [6, 6.07) is 6.48. The van der Waals surface area contributed by atoms with E-state index in [4.69, 9.17) is 10.00 Å². The predicted molar refractivity (Wildman–Crippen MR) is 136 cm³/mol. The maximum absolute atomic E-state index is 13.1. The Hall–Kier alpha value is -3.21. The van der Waals surface area contributed by atoms with Crippen LogP contribution in [0.2, 0.25) is 0 Å². The van der Waals surface area contributed by atoms with E-state index in [1.54, 1.807) is 6.20 Å². The number of carbonyl (C=O) groups is 2. The Bertz CT molecular complexity index is 1200. The number of aryl methyl sites for hydroxylation is 1. The van der Waals surface area contributed by atoms with Gasteiger partial charge in [-0.25, -0.2) is 4.68 Å². The van der Waals surface area contributed by atoms with Gasteiger partial charge in [-0.3, -0.25) is 9.59 Å². The van der Waals surface area contributed by atoms with Crippen molar-refractivity contribution in [2.75, 3.05) is 12.4 Å². The van der Waals surface area contributed by atoms with Crippen LogP contribution in [-0.2, 0) is 39.1 Å². The van der Waals surface area contributed by atoms with E-state index >= 15 is 0 Å². The van der Waals surface area contributed by atoms with E-state index in [1.807, 2.05) is 0 Å². The first kappa shape index (κ1) is 25.9. The number of methoxy groups -OCH3 is 1. The van der Waals surface area contributed by atoms with Crippen LogP contribution in [0, 0.1) is 22.7 Å². The zero-order valence-corrected chi connectivity index (χ0v) is 22.1. The number of nitriles is 1. The van der Waals surface area contributed by atoms with E-state index in [1.165, 1.54) is 22.9 Å². The number of fused-ring (bicyclic) bond motifs is 3. The Morgan fingerprint density at radius 2 is 2.08 bits per heavy atom. The third-order valence-electron chi connectivity index (χ3n) is 8.50. The highest BCUT2D eigenvalue weighted by Gasteiger charge is 2.56. The first-order valence-corrected chi connectivity index (χ1v) is 12.9. The molecule has 1 heterocycles. The Morgan fingerprint density at radius 1 is 1.31 bits per heavy atom. The number of carbonyl (C=O) groups excluding carboxylic acids is 2. The van der Waals surface area contributed by atoms with Gasteiger partial charge in [0.15, 0.2) is 0 Å². The molecule has 0 aliphatic heterocycles. The summed E-state index contributed by atoms with van der Waals surface area (Å²) in [7, 11) is 1.49. The first-order valence-electron chi connectivity index (χ1n) is 12.9. The van der Waals surface area contributed by atoms with Crippen LogP contribution in [0.25, 0.3) is 0 Å². The minimum absolute atomic E-state index is 0.0566. The summed E-state index contributed by atoms with van der Waals surface area (Å²) in [6.07, 6.45) is 7.12. The van der Waals surface area contributed by atoms with E-state index < -0.39 is 5.41 Å². The lowest BCUT2D eigenvalue weighted by Gasteiger charge is -2.54. The van der Waals surface area contributed by atoms with Gasteiger partial charge in [-0.05, 0) is 66.5 Å². The molecule has 8 heteroatoms. The molecule has 1 amide bonds. The molecule has 1 aromatic heterocycles. The number of aromatic nitrogens is 3. The summed E-state index contributed by atoms with van der Waals surface area (Å²) in [6.45, 7) is 8.69. The smallest absolute Gasteiger partial charge is 0.311 e. The van der Waals surface area contributed by atoms with Gasteiger partial charge < -0.3 is 10.1 Å². The van der Waals surface area contributed by atoms with Crippen molar-refractivity contribution in [2.45, 2.75) is 90.5 Å². The van der Waals surface area contributed by atoms with Crippen molar-refractivity contribution >= 4 is 17.6 Å². The molecule has 1 N–H and O–H groups in total. The minimum Gasteiger partial charge on any atom is -0.469 e. The van der Waals surface area contributed by atoms with Crippen LogP contribution in [0.1, 0.15) is 88.1 Å². The number of nitrogens with zero attached hydrogens (tertiary/aromatic N) is 4. The van der Waals surface area contributed by atoms with E-state index in [2.05, 4.69) is 61.5 Å². The fourth-order valence-electron chi connectivity index (χ4n) is 6.73. The molecule has 3 atom stereocenters. The normalized spacial score (nSPS) is 25.0. The Morgan fingerprint density at radius 3 is 2.78 bits per heavy atom. The summed E-state index contributed by atoms with van der Waals surface area (Å²) in [4.78, 5) is 26.0. The molecule has 0 unspecified atom stereocenters. The quantitative estimate of drug-likeness (QED) is 0.563. The fraction of sp³-hybridized carbons (Fsp3) is 0.607. The fourth-order valence-corrected chi connectivity index (χ4v) is 6.73. The molecule has 4 rings (SSSR count). The summed E-state index contributed by atoms with van der Waals surface area (Å²) in [5.74, 6) is 0.162. The van der Waals surface area contributed by atoms with E-state index in [0.717, 1.165) is 43.4 Å². The monoisotopic (exact) mass is 491 g/mol. The van der Waals surface area contributed by atoms with Crippen molar-refractivity contribution in [3.8, 4) is 6.07 Å². The number of anilines is 1. The van der Waals surface area contributed by atoms with E-state index in [-0.39, 0.29) is 35.7 Å². The summed E-state index contributed by atoms with van der Waals surface area (Å²) in [5, 5.41) is 20.1. The molecule has 192 valence electrons. The number of hydrogen-bond donors (Lipinski definition) is 1. The minimum atomic E-state index is -0.504. The van der Waals surface area contributed by atoms with Gasteiger partial charge >= 0.3 is 5.97 Å². The molecule has 36 heavy (non-hydrogen) atoms. The molecular weight excluding hydrogens is 454 g/mol. The maximum atomic E-state index is 13.1. The number of nitrogens with one attached hydrogen (secondary N) is 1. The van der Waals surface area contributed by atoms with Crippen LogP contribution in [-0.4, -0.2) is 34.0 Å². The third-order valence-corrected chi connectivity index (χ3v) is 8.50. The molecule has 8 nitrogen and oxygen atoms in total. The second-order valence-corrected chi connectivity index (χ2v) is 11.1. The number of benzene rings is 1. The molecule has 1 aromatic carbocycles. The molecule has 0 saturated heterocycles. The molecule has 2 aliphatic rings. The van der Waals surface area contributed by atoms with E-state index in [0.29, 0.717) is 18.5 Å². The largest absolute Gasteiger partial charge is 0.469 e. The summed E-state index contributed by atoms with van der Waals surface area (Å²) in [5.41, 5.74) is 4.49. The first-order chi connectivity index (χ1) is 17.1. The van der Waals surface area contributed by atoms with Crippen LogP contribution >= 0.6 is 0 Å². The summed E-state index contributed by atoms with van der Waals surface area (Å²) < 4.78 is 6.78. The number of ether oxygens (including phenoxy) is 1. The molecule has 2 aliphatic carbocycles. The lowest BCUT2D eigenvalue weighted by Crippen LogP contribution is -2.52. The molecule has 0 radical (unpaired) electrons. The van der Waals surface area contributed by atoms with Crippen LogP contribution in [0.5, 0.6) is 0 Å². The molecule has 0 bridgehead atoms. The van der Waals surface area contributed by atoms with Gasteiger partial charge in [0.2, 0.25) is 5.91 Å². The standard InChI is InChI=1S/C28H37N5O3/c1-18(2)20-9-11-22-21(10-12-23-27(22,3)13-7-14-28(23,4)26(35)36-5)25(20)30-24(34)17-33-16-19(31-32-33)8-6-15-29/h9,11,16,18,23H,6-8,10,12-14,17H2,1-5H3,(H,30,34)/t23-,27-,28-/m1/s1. The van der Waals surface area contributed by atoms with Gasteiger partial charge in [0.1, 0.15) is 6.54 Å². The second kappa shape index (κ2) is 10.0. The van der Waals surface area contributed by atoms with Gasteiger partial charge in [0, 0.05) is 24.7 Å². The number of esters is 1. The maximum Gasteiger partial charge on any atom is 0.311 e. The zero-order valence-electron chi connectivity index (χ0n) is 22.1. The highest BCUT2D eigenvalue weighted by atomic mass is 16.5. The number of hydrogen-bond acceptors (Lipinski definition) is 6. The van der Waals surface area contributed by atoms with Crippen molar-refractivity contribution in [1.82, 2.24) is 15.0 Å². The topological polar surface area (TPSA) is 110 Å². The van der Waals surface area contributed by atoms with Crippen LogP contribution in [0.4, 0.5) is 5.69 Å². The van der Waals surface area contributed by atoms with Gasteiger partial charge in [-0.2, -0.15) is 5.26 Å². The molecule has 1 fully saturated rings. The average molecular weight is 492 g/mol. The lowest BCUT2D eigenvalue weighted by atomic mass is 9.49. The van der Waals surface area contributed by atoms with Gasteiger partial charge in [0.25, 0.3) is 0 Å². The number of rotatable bonds is 7.